The lowest BCUT2D eigenvalue weighted by atomic mass is 9.85. The number of rotatable bonds is 5. The van der Waals surface area contributed by atoms with Crippen molar-refractivity contribution >= 4 is 10.8 Å². The highest BCUT2D eigenvalue weighted by Crippen LogP contribution is 2.21. The zero-order valence-electron chi connectivity index (χ0n) is 16.4. The normalized spacial score (nSPS) is 11.7. The van der Waals surface area contributed by atoms with Crippen molar-refractivity contribution in [2.75, 3.05) is 13.6 Å². The van der Waals surface area contributed by atoms with E-state index < -0.39 is 0 Å². The van der Waals surface area contributed by atoms with Crippen LogP contribution in [0, 0.1) is 11.8 Å². The molecular formula is C26H27N. The van der Waals surface area contributed by atoms with E-state index in [4.69, 9.17) is 0 Å². The van der Waals surface area contributed by atoms with E-state index in [0.29, 0.717) is 0 Å². The summed E-state index contributed by atoms with van der Waals surface area (Å²) in [7, 11) is 2.15. The van der Waals surface area contributed by atoms with Crippen molar-refractivity contribution in [3.05, 3.63) is 96.1 Å². The predicted molar refractivity (Wildman–Crippen MR) is 117 cm³/mol. The second-order valence-corrected chi connectivity index (χ2v) is 7.50. The molecule has 0 fully saturated rings. The molecule has 0 unspecified atom stereocenters. The van der Waals surface area contributed by atoms with Gasteiger partial charge in [-0.25, -0.2) is 0 Å². The van der Waals surface area contributed by atoms with Crippen molar-refractivity contribution < 1.29 is 0 Å². The molecular weight excluding hydrogens is 326 g/mol. The highest BCUT2D eigenvalue weighted by atomic mass is 15.1. The second-order valence-electron chi connectivity index (χ2n) is 7.50. The molecule has 3 aromatic rings. The smallest absolute Gasteiger partial charge is 0.0510 e. The van der Waals surface area contributed by atoms with Gasteiger partial charge < -0.3 is 0 Å². The Morgan fingerprint density at radius 1 is 0.889 bits per heavy atom. The van der Waals surface area contributed by atoms with Gasteiger partial charge in [0.05, 0.1) is 5.41 Å². The summed E-state index contributed by atoms with van der Waals surface area (Å²) in [6.45, 7) is 6.13. The van der Waals surface area contributed by atoms with Gasteiger partial charge in [0, 0.05) is 13.1 Å². The highest BCUT2D eigenvalue weighted by Gasteiger charge is 2.16. The molecule has 27 heavy (non-hydrogen) atoms. The maximum Gasteiger partial charge on any atom is 0.0510 e. The first-order valence-electron chi connectivity index (χ1n) is 9.45. The van der Waals surface area contributed by atoms with E-state index in [1.165, 1.54) is 21.9 Å². The molecule has 0 atom stereocenters. The Hall–Kier alpha value is -2.82. The second kappa shape index (κ2) is 8.71. The van der Waals surface area contributed by atoms with Gasteiger partial charge in [0.15, 0.2) is 0 Å². The number of likely N-dealkylation sites (N-methyl/N-ethyl adjacent to an activating group) is 1. The van der Waals surface area contributed by atoms with Crippen molar-refractivity contribution in [3.8, 4) is 11.8 Å². The fraction of sp³-hybridized carbons (Fsp3) is 0.231. The lowest BCUT2D eigenvalue weighted by Gasteiger charge is -2.17. The van der Waals surface area contributed by atoms with Crippen LogP contribution in [0.5, 0.6) is 0 Å². The van der Waals surface area contributed by atoms with Crippen molar-refractivity contribution in [3.63, 3.8) is 0 Å². The molecule has 0 aliphatic carbocycles. The zero-order chi connectivity index (χ0) is 19.1. The minimum Gasteiger partial charge on any atom is -0.298 e. The van der Waals surface area contributed by atoms with Gasteiger partial charge in [-0.1, -0.05) is 90.7 Å². The van der Waals surface area contributed by atoms with Crippen molar-refractivity contribution in [2.45, 2.75) is 25.8 Å². The molecule has 0 aliphatic rings. The SMILES string of the molecule is CN(C/C=C\C#CC(C)(C)c1ccccc1)Cc1cccc2ccccc12. The van der Waals surface area contributed by atoms with E-state index in [1.54, 1.807) is 0 Å². The van der Waals surface area contributed by atoms with Crippen molar-refractivity contribution in [1.29, 1.82) is 0 Å². The van der Waals surface area contributed by atoms with Crippen molar-refractivity contribution in [2.24, 2.45) is 0 Å². The molecule has 0 amide bonds. The van der Waals surface area contributed by atoms with Crippen LogP contribution in [0.3, 0.4) is 0 Å². The summed E-state index contributed by atoms with van der Waals surface area (Å²) in [5.74, 6) is 6.58. The van der Waals surface area contributed by atoms with Gasteiger partial charge in [-0.05, 0) is 48.9 Å². The van der Waals surface area contributed by atoms with Crippen LogP contribution in [0.2, 0.25) is 0 Å². The van der Waals surface area contributed by atoms with Crippen LogP contribution in [0.1, 0.15) is 25.0 Å². The largest absolute Gasteiger partial charge is 0.298 e. The third-order valence-electron chi connectivity index (χ3n) is 4.82. The van der Waals surface area contributed by atoms with Crippen LogP contribution in [-0.2, 0) is 12.0 Å². The van der Waals surface area contributed by atoms with Crippen LogP contribution in [0.15, 0.2) is 84.9 Å². The van der Waals surface area contributed by atoms with Crippen molar-refractivity contribution in [1.82, 2.24) is 4.90 Å². The summed E-state index contributed by atoms with van der Waals surface area (Å²) < 4.78 is 0. The quantitative estimate of drug-likeness (QED) is 0.523. The third kappa shape index (κ3) is 5.09. The highest BCUT2D eigenvalue weighted by molar-refractivity contribution is 5.85. The van der Waals surface area contributed by atoms with E-state index >= 15 is 0 Å². The molecule has 0 aliphatic heterocycles. The molecule has 0 N–H and O–H groups in total. The number of benzene rings is 3. The number of hydrogen-bond acceptors (Lipinski definition) is 1. The van der Waals surface area contributed by atoms with Gasteiger partial charge in [-0.3, -0.25) is 4.90 Å². The minimum absolute atomic E-state index is 0.138. The molecule has 0 saturated carbocycles. The van der Waals surface area contributed by atoms with E-state index in [0.717, 1.165) is 13.1 Å². The van der Waals surface area contributed by atoms with E-state index in [2.05, 4.69) is 110 Å². The summed E-state index contributed by atoms with van der Waals surface area (Å²) in [6, 6.07) is 25.5. The Balaban J connectivity index is 1.59. The van der Waals surface area contributed by atoms with Gasteiger partial charge in [-0.15, -0.1) is 0 Å². The van der Waals surface area contributed by atoms with E-state index in [1.807, 2.05) is 12.1 Å². The minimum atomic E-state index is -0.138. The van der Waals surface area contributed by atoms with Gasteiger partial charge >= 0.3 is 0 Å². The summed E-state index contributed by atoms with van der Waals surface area (Å²) in [4.78, 5) is 2.31. The number of fused-ring (bicyclic) bond motifs is 1. The van der Waals surface area contributed by atoms with E-state index in [9.17, 15) is 0 Å². The first-order chi connectivity index (χ1) is 13.1. The monoisotopic (exact) mass is 353 g/mol. The molecule has 0 radical (unpaired) electrons. The molecule has 3 aromatic carbocycles. The Morgan fingerprint density at radius 3 is 2.41 bits per heavy atom. The Morgan fingerprint density at radius 2 is 1.59 bits per heavy atom. The molecule has 0 saturated heterocycles. The lowest BCUT2D eigenvalue weighted by molar-refractivity contribution is 0.365. The first-order valence-corrected chi connectivity index (χ1v) is 9.45. The van der Waals surface area contributed by atoms with Crippen LogP contribution in [0.25, 0.3) is 10.8 Å². The predicted octanol–water partition coefficient (Wildman–Crippen LogP) is 5.81. The number of nitrogens with zero attached hydrogens (tertiary/aromatic N) is 1. The Bertz CT molecular complexity index is 966. The van der Waals surface area contributed by atoms with Crippen LogP contribution >= 0.6 is 0 Å². The number of hydrogen-bond donors (Lipinski definition) is 0. The van der Waals surface area contributed by atoms with Crippen LogP contribution < -0.4 is 0 Å². The third-order valence-corrected chi connectivity index (χ3v) is 4.82. The topological polar surface area (TPSA) is 3.24 Å². The summed E-state index contributed by atoms with van der Waals surface area (Å²) in [6.07, 6.45) is 4.11. The molecule has 136 valence electrons. The maximum atomic E-state index is 3.37. The number of allylic oxidation sites excluding steroid dienone is 1. The molecule has 1 nitrogen and oxygen atoms in total. The molecule has 0 spiro atoms. The standard InChI is InChI=1S/C26H27N/c1-26(2,24-16-6-4-7-17-24)19-10-5-11-20-27(3)21-23-15-12-14-22-13-8-9-18-25(22)23/h4-9,11-18H,20-21H2,1-3H3/b11-5-. The molecule has 0 aromatic heterocycles. The summed E-state index contributed by atoms with van der Waals surface area (Å²) >= 11 is 0. The van der Waals surface area contributed by atoms with E-state index in [-0.39, 0.29) is 5.41 Å². The Kier molecular flexibility index (Phi) is 6.12. The lowest BCUT2D eigenvalue weighted by Crippen LogP contribution is -2.17. The van der Waals surface area contributed by atoms with Gasteiger partial charge in [0.2, 0.25) is 0 Å². The maximum absolute atomic E-state index is 3.37. The summed E-state index contributed by atoms with van der Waals surface area (Å²) in [5.41, 5.74) is 2.47. The molecule has 1 heteroatoms. The fourth-order valence-electron chi connectivity index (χ4n) is 3.23. The average molecular weight is 354 g/mol. The van der Waals surface area contributed by atoms with Crippen LogP contribution in [0.4, 0.5) is 0 Å². The fourth-order valence-corrected chi connectivity index (χ4v) is 3.23. The molecule has 0 heterocycles. The molecule has 3 rings (SSSR count). The van der Waals surface area contributed by atoms with Crippen LogP contribution in [-0.4, -0.2) is 18.5 Å². The first kappa shape index (κ1) is 19.0. The van der Waals surface area contributed by atoms with Gasteiger partial charge in [0.1, 0.15) is 0 Å². The average Bonchev–Trinajstić information content (AvgIpc) is 2.69. The summed E-state index contributed by atoms with van der Waals surface area (Å²) in [5, 5.41) is 2.63. The van der Waals surface area contributed by atoms with Gasteiger partial charge in [0.25, 0.3) is 0 Å². The Labute approximate surface area is 163 Å². The molecule has 0 bridgehead atoms. The zero-order valence-corrected chi connectivity index (χ0v) is 16.4. The van der Waals surface area contributed by atoms with Gasteiger partial charge in [-0.2, -0.15) is 0 Å².